The van der Waals surface area contributed by atoms with Crippen molar-refractivity contribution in [2.75, 3.05) is 21.3 Å². The number of hydrogen-bond acceptors (Lipinski definition) is 4. The topological polar surface area (TPSA) is 36.9 Å². The number of halogens is 1. The Morgan fingerprint density at radius 3 is 2.14 bits per heavy atom. The summed E-state index contributed by atoms with van der Waals surface area (Å²) in [6, 6.07) is 11.6. The summed E-state index contributed by atoms with van der Waals surface area (Å²) in [6.07, 6.45) is 0. The van der Waals surface area contributed by atoms with Gasteiger partial charge in [0.2, 0.25) is 5.75 Å². The summed E-state index contributed by atoms with van der Waals surface area (Å²) >= 11 is 6.31. The molecule has 0 spiro atoms. The van der Waals surface area contributed by atoms with Crippen molar-refractivity contribution >= 4 is 11.6 Å². The van der Waals surface area contributed by atoms with Gasteiger partial charge in [0.1, 0.15) is 0 Å². The largest absolute Gasteiger partial charge is 0.493 e. The van der Waals surface area contributed by atoms with Crippen molar-refractivity contribution in [2.45, 2.75) is 13.2 Å². The zero-order valence-corrected chi connectivity index (χ0v) is 13.6. The Labute approximate surface area is 135 Å². The fourth-order valence-corrected chi connectivity index (χ4v) is 2.41. The molecule has 5 heteroatoms. The minimum Gasteiger partial charge on any atom is -0.493 e. The molecule has 0 aromatic heterocycles. The van der Waals surface area contributed by atoms with Gasteiger partial charge in [-0.3, -0.25) is 0 Å². The van der Waals surface area contributed by atoms with Crippen LogP contribution in [0, 0.1) is 0 Å². The average Bonchev–Trinajstić information content (AvgIpc) is 2.56. The zero-order valence-electron chi connectivity index (χ0n) is 12.9. The molecule has 0 aliphatic carbocycles. The fraction of sp³-hybridized carbons (Fsp3) is 0.294. The van der Waals surface area contributed by atoms with Crippen molar-refractivity contribution < 1.29 is 18.9 Å². The Kier molecular flexibility index (Phi) is 5.92. The van der Waals surface area contributed by atoms with Gasteiger partial charge in [-0.25, -0.2) is 0 Å². The van der Waals surface area contributed by atoms with Gasteiger partial charge in [-0.1, -0.05) is 41.9 Å². The van der Waals surface area contributed by atoms with Crippen molar-refractivity contribution in [3.8, 4) is 17.2 Å². The Hall–Kier alpha value is -1.91. The molecule has 0 aliphatic rings. The minimum absolute atomic E-state index is 0.317. The van der Waals surface area contributed by atoms with Crippen LogP contribution < -0.4 is 14.2 Å². The highest BCUT2D eigenvalue weighted by Gasteiger charge is 2.19. The molecule has 0 N–H and O–H groups in total. The van der Waals surface area contributed by atoms with Crippen molar-refractivity contribution in [1.29, 1.82) is 0 Å². The van der Waals surface area contributed by atoms with Gasteiger partial charge in [-0.15, -0.1) is 0 Å². The maximum atomic E-state index is 6.31. The quantitative estimate of drug-likeness (QED) is 0.769. The molecule has 0 saturated carbocycles. The molecule has 2 aromatic carbocycles. The Morgan fingerprint density at radius 2 is 1.55 bits per heavy atom. The first-order valence-corrected chi connectivity index (χ1v) is 7.18. The number of methoxy groups -OCH3 is 3. The Balaban J connectivity index is 2.19. The van der Waals surface area contributed by atoms with Gasteiger partial charge in [0.15, 0.2) is 11.5 Å². The first-order chi connectivity index (χ1) is 10.7. The predicted molar refractivity (Wildman–Crippen MR) is 86.0 cm³/mol. The Morgan fingerprint density at radius 1 is 0.864 bits per heavy atom. The van der Waals surface area contributed by atoms with Crippen molar-refractivity contribution in [3.63, 3.8) is 0 Å². The van der Waals surface area contributed by atoms with E-state index in [9.17, 15) is 0 Å². The molecule has 0 amide bonds. The molecule has 0 heterocycles. The molecule has 2 aromatic rings. The van der Waals surface area contributed by atoms with Gasteiger partial charge < -0.3 is 18.9 Å². The van der Waals surface area contributed by atoms with E-state index in [0.29, 0.717) is 35.5 Å². The van der Waals surface area contributed by atoms with E-state index < -0.39 is 0 Å². The summed E-state index contributed by atoms with van der Waals surface area (Å²) in [5.74, 6) is 1.56. The van der Waals surface area contributed by atoms with Crippen LogP contribution >= 0.6 is 11.6 Å². The number of rotatable bonds is 7. The minimum atomic E-state index is 0.317. The first kappa shape index (κ1) is 16.5. The third-order valence-electron chi connectivity index (χ3n) is 3.24. The van der Waals surface area contributed by atoms with Gasteiger partial charge in [0, 0.05) is 11.6 Å². The molecule has 0 aliphatic heterocycles. The molecule has 2 rings (SSSR count). The second-order valence-electron chi connectivity index (χ2n) is 4.58. The lowest BCUT2D eigenvalue weighted by Gasteiger charge is -2.17. The molecule has 22 heavy (non-hydrogen) atoms. The molecule has 0 atom stereocenters. The summed E-state index contributed by atoms with van der Waals surface area (Å²) in [7, 11) is 4.68. The van der Waals surface area contributed by atoms with E-state index in [4.69, 9.17) is 30.5 Å². The summed E-state index contributed by atoms with van der Waals surface area (Å²) in [5, 5.41) is 0.516. The van der Waals surface area contributed by atoms with Gasteiger partial charge in [-0.2, -0.15) is 0 Å². The van der Waals surface area contributed by atoms with Crippen LogP contribution in [-0.2, 0) is 18.0 Å². The lowest BCUT2D eigenvalue weighted by molar-refractivity contribution is 0.105. The van der Waals surface area contributed by atoms with E-state index in [1.807, 2.05) is 30.3 Å². The van der Waals surface area contributed by atoms with Crippen LogP contribution in [-0.4, -0.2) is 21.3 Å². The first-order valence-electron chi connectivity index (χ1n) is 6.80. The smallest absolute Gasteiger partial charge is 0.203 e. The van der Waals surface area contributed by atoms with Crippen LogP contribution in [0.25, 0.3) is 0 Å². The Bertz CT molecular complexity index is 614. The van der Waals surface area contributed by atoms with E-state index in [-0.39, 0.29) is 0 Å². The maximum Gasteiger partial charge on any atom is 0.203 e. The van der Waals surface area contributed by atoms with E-state index in [0.717, 1.165) is 11.1 Å². The molecule has 0 fully saturated rings. The van der Waals surface area contributed by atoms with E-state index in [1.54, 1.807) is 27.4 Å². The molecular formula is C17H19ClO4. The molecule has 0 unspecified atom stereocenters. The van der Waals surface area contributed by atoms with E-state index >= 15 is 0 Å². The molecule has 0 radical (unpaired) electrons. The van der Waals surface area contributed by atoms with Crippen LogP contribution in [0.3, 0.4) is 0 Å². The van der Waals surface area contributed by atoms with Crippen LogP contribution in [0.1, 0.15) is 11.1 Å². The SMILES string of the molecule is COc1cc(Cl)c(COCc2ccccc2)c(OC)c1OC. The molecular weight excluding hydrogens is 304 g/mol. The molecule has 118 valence electrons. The normalized spacial score (nSPS) is 10.4. The van der Waals surface area contributed by atoms with Gasteiger partial charge in [-0.05, 0) is 5.56 Å². The number of benzene rings is 2. The third-order valence-corrected chi connectivity index (χ3v) is 3.57. The summed E-state index contributed by atoms with van der Waals surface area (Å²) in [6.45, 7) is 0.811. The van der Waals surface area contributed by atoms with E-state index in [1.165, 1.54) is 0 Å². The van der Waals surface area contributed by atoms with Crippen molar-refractivity contribution in [1.82, 2.24) is 0 Å². The highest BCUT2D eigenvalue weighted by Crippen LogP contribution is 2.44. The lowest BCUT2D eigenvalue weighted by Crippen LogP contribution is -2.02. The summed E-state index contributed by atoms with van der Waals surface area (Å²) < 4.78 is 21.8. The zero-order chi connectivity index (χ0) is 15.9. The summed E-state index contributed by atoms with van der Waals surface area (Å²) in [4.78, 5) is 0. The number of hydrogen-bond donors (Lipinski definition) is 0. The molecule has 0 bridgehead atoms. The summed E-state index contributed by atoms with van der Waals surface area (Å²) in [5.41, 5.74) is 1.83. The second-order valence-corrected chi connectivity index (χ2v) is 4.99. The van der Waals surface area contributed by atoms with E-state index in [2.05, 4.69) is 0 Å². The van der Waals surface area contributed by atoms with Gasteiger partial charge in [0.25, 0.3) is 0 Å². The highest BCUT2D eigenvalue weighted by molar-refractivity contribution is 6.31. The maximum absolute atomic E-state index is 6.31. The molecule has 0 saturated heterocycles. The van der Waals surface area contributed by atoms with Crippen molar-refractivity contribution in [2.24, 2.45) is 0 Å². The monoisotopic (exact) mass is 322 g/mol. The standard InChI is InChI=1S/C17H19ClO4/c1-19-15-9-14(18)13(16(20-2)17(15)21-3)11-22-10-12-7-5-4-6-8-12/h4-9H,10-11H2,1-3H3. The van der Waals surface area contributed by atoms with Crippen LogP contribution in [0.2, 0.25) is 5.02 Å². The lowest BCUT2D eigenvalue weighted by atomic mass is 10.1. The second kappa shape index (κ2) is 7.92. The van der Waals surface area contributed by atoms with Gasteiger partial charge in [0.05, 0.1) is 39.6 Å². The predicted octanol–water partition coefficient (Wildman–Crippen LogP) is 4.08. The fourth-order valence-electron chi connectivity index (χ4n) is 2.17. The highest BCUT2D eigenvalue weighted by atomic mass is 35.5. The van der Waals surface area contributed by atoms with Crippen LogP contribution in [0.5, 0.6) is 17.2 Å². The van der Waals surface area contributed by atoms with Gasteiger partial charge >= 0.3 is 0 Å². The van der Waals surface area contributed by atoms with Crippen LogP contribution in [0.15, 0.2) is 36.4 Å². The molecule has 4 nitrogen and oxygen atoms in total. The van der Waals surface area contributed by atoms with Crippen molar-refractivity contribution in [3.05, 3.63) is 52.5 Å². The van der Waals surface area contributed by atoms with Crippen LogP contribution in [0.4, 0.5) is 0 Å². The third kappa shape index (κ3) is 3.64. The average molecular weight is 323 g/mol. The number of ether oxygens (including phenoxy) is 4.